The highest BCUT2D eigenvalue weighted by molar-refractivity contribution is 7.89. The van der Waals surface area contributed by atoms with Gasteiger partial charge in [0.2, 0.25) is 15.9 Å². The van der Waals surface area contributed by atoms with Crippen molar-refractivity contribution in [2.45, 2.75) is 50.1 Å². The molecule has 7 heteroatoms. The van der Waals surface area contributed by atoms with Crippen LogP contribution < -0.4 is 10.0 Å². The molecule has 0 saturated heterocycles. The molecule has 0 aliphatic carbocycles. The second-order valence-corrected chi connectivity index (χ2v) is 9.59. The molecular weight excluding hydrogens is 398 g/mol. The number of nitrogens with zero attached hydrogens (tertiary/aromatic N) is 1. The van der Waals surface area contributed by atoms with Crippen LogP contribution in [0.1, 0.15) is 36.5 Å². The Labute approximate surface area is 179 Å². The zero-order chi connectivity index (χ0) is 21.6. The van der Waals surface area contributed by atoms with Crippen molar-refractivity contribution in [3.05, 3.63) is 65.2 Å². The number of fused-ring (bicyclic) bond motifs is 1. The highest BCUT2D eigenvalue weighted by Gasteiger charge is 2.22. The van der Waals surface area contributed by atoms with Crippen molar-refractivity contribution >= 4 is 15.9 Å². The molecule has 0 fully saturated rings. The van der Waals surface area contributed by atoms with Crippen LogP contribution in [0.15, 0.2) is 53.4 Å². The van der Waals surface area contributed by atoms with Crippen molar-refractivity contribution in [1.29, 1.82) is 0 Å². The number of amides is 1. The van der Waals surface area contributed by atoms with E-state index in [1.54, 1.807) is 24.3 Å². The minimum absolute atomic E-state index is 0.0257. The van der Waals surface area contributed by atoms with E-state index in [0.29, 0.717) is 25.4 Å². The molecule has 3 rings (SSSR count). The Morgan fingerprint density at radius 2 is 1.80 bits per heavy atom. The summed E-state index contributed by atoms with van der Waals surface area (Å²) in [5.41, 5.74) is 3.76. The van der Waals surface area contributed by atoms with E-state index in [0.717, 1.165) is 31.5 Å². The maximum atomic E-state index is 12.4. The second kappa shape index (κ2) is 10.2. The number of sulfonamides is 1. The van der Waals surface area contributed by atoms with Crippen LogP contribution in [0.3, 0.4) is 0 Å². The fourth-order valence-electron chi connectivity index (χ4n) is 3.89. The molecule has 2 aromatic carbocycles. The first kappa shape index (κ1) is 22.5. The van der Waals surface area contributed by atoms with Crippen molar-refractivity contribution in [1.82, 2.24) is 14.9 Å². The summed E-state index contributed by atoms with van der Waals surface area (Å²) >= 11 is 0. The fourth-order valence-corrected chi connectivity index (χ4v) is 4.62. The van der Waals surface area contributed by atoms with Gasteiger partial charge in [-0.25, -0.2) is 13.1 Å². The molecule has 0 radical (unpaired) electrons. The zero-order valence-electron chi connectivity index (χ0n) is 17.7. The van der Waals surface area contributed by atoms with E-state index in [-0.39, 0.29) is 10.8 Å². The molecule has 1 unspecified atom stereocenters. The monoisotopic (exact) mass is 429 g/mol. The lowest BCUT2D eigenvalue weighted by atomic mass is 9.98. The van der Waals surface area contributed by atoms with Crippen LogP contribution in [-0.4, -0.2) is 45.4 Å². The van der Waals surface area contributed by atoms with E-state index in [4.69, 9.17) is 0 Å². The molecule has 1 amide bonds. The molecule has 30 heavy (non-hydrogen) atoms. The van der Waals surface area contributed by atoms with E-state index in [2.05, 4.69) is 46.1 Å². The molecule has 2 aromatic rings. The van der Waals surface area contributed by atoms with Gasteiger partial charge < -0.3 is 5.32 Å². The average molecular weight is 430 g/mol. The van der Waals surface area contributed by atoms with E-state index in [1.807, 2.05) is 0 Å². The molecule has 0 saturated carbocycles. The van der Waals surface area contributed by atoms with Crippen LogP contribution >= 0.6 is 0 Å². The number of nitrogens with one attached hydrogen (secondary N) is 2. The van der Waals surface area contributed by atoms with Crippen molar-refractivity contribution in [3.63, 3.8) is 0 Å². The first-order valence-corrected chi connectivity index (χ1v) is 12.0. The number of hydrogen-bond acceptors (Lipinski definition) is 4. The lowest BCUT2D eigenvalue weighted by molar-refractivity contribution is -0.121. The van der Waals surface area contributed by atoms with Crippen LogP contribution in [0.4, 0.5) is 0 Å². The first-order chi connectivity index (χ1) is 14.4. The predicted molar refractivity (Wildman–Crippen MR) is 119 cm³/mol. The summed E-state index contributed by atoms with van der Waals surface area (Å²) in [6, 6.07) is 15.6. The van der Waals surface area contributed by atoms with Crippen molar-refractivity contribution in [2.24, 2.45) is 0 Å². The Bertz CT molecular complexity index is 958. The van der Waals surface area contributed by atoms with Crippen LogP contribution in [0.2, 0.25) is 0 Å². The largest absolute Gasteiger partial charge is 0.355 e. The van der Waals surface area contributed by atoms with Crippen LogP contribution in [0.5, 0.6) is 0 Å². The summed E-state index contributed by atoms with van der Waals surface area (Å²) in [6.45, 7) is 4.77. The summed E-state index contributed by atoms with van der Waals surface area (Å²) in [7, 11) is -2.04. The topological polar surface area (TPSA) is 78.5 Å². The van der Waals surface area contributed by atoms with Gasteiger partial charge in [-0.3, -0.25) is 9.69 Å². The summed E-state index contributed by atoms with van der Waals surface area (Å²) in [5.74, 6) is 0.0257. The van der Waals surface area contributed by atoms with Crippen molar-refractivity contribution in [3.8, 4) is 0 Å². The van der Waals surface area contributed by atoms with Crippen molar-refractivity contribution in [2.75, 3.05) is 20.1 Å². The number of hydrogen-bond donors (Lipinski definition) is 2. The summed E-state index contributed by atoms with van der Waals surface area (Å²) in [6.07, 6.45) is 3.01. The lowest BCUT2D eigenvalue weighted by Crippen LogP contribution is -2.45. The van der Waals surface area contributed by atoms with E-state index < -0.39 is 10.0 Å². The van der Waals surface area contributed by atoms with E-state index >= 15 is 0 Å². The molecule has 162 valence electrons. The molecule has 1 aliphatic rings. The average Bonchev–Trinajstić information content (AvgIpc) is 2.78. The number of aryl methyl sites for hydroxylation is 1. The highest BCUT2D eigenvalue weighted by atomic mass is 32.2. The SMILES string of the molecule is CCC(CNC(=O)CCc1ccc(S(=O)(=O)NC)cc1)N1CCc2ccccc2C1. The van der Waals surface area contributed by atoms with Crippen LogP contribution in [0.25, 0.3) is 0 Å². The number of rotatable bonds is 9. The fraction of sp³-hybridized carbons (Fsp3) is 0.435. The van der Waals surface area contributed by atoms with E-state index in [1.165, 1.54) is 18.2 Å². The summed E-state index contributed by atoms with van der Waals surface area (Å²) in [4.78, 5) is 15.0. The lowest BCUT2D eigenvalue weighted by Gasteiger charge is -2.35. The van der Waals surface area contributed by atoms with Gasteiger partial charge in [0.25, 0.3) is 0 Å². The van der Waals surface area contributed by atoms with Gasteiger partial charge in [-0.05, 0) is 55.1 Å². The molecule has 0 aromatic heterocycles. The molecule has 0 bridgehead atoms. The van der Waals surface area contributed by atoms with Gasteiger partial charge >= 0.3 is 0 Å². The van der Waals surface area contributed by atoms with Gasteiger partial charge in [-0.15, -0.1) is 0 Å². The third-order valence-electron chi connectivity index (χ3n) is 5.83. The van der Waals surface area contributed by atoms with Gasteiger partial charge in [0.1, 0.15) is 0 Å². The van der Waals surface area contributed by atoms with Crippen LogP contribution in [0, 0.1) is 0 Å². The third kappa shape index (κ3) is 5.68. The Morgan fingerprint density at radius 1 is 1.10 bits per heavy atom. The molecule has 1 atom stereocenters. The molecule has 6 nitrogen and oxygen atoms in total. The number of benzene rings is 2. The van der Waals surface area contributed by atoms with Gasteiger partial charge in [0, 0.05) is 32.1 Å². The predicted octanol–water partition coefficient (Wildman–Crippen LogP) is 2.48. The minimum Gasteiger partial charge on any atom is -0.355 e. The first-order valence-electron chi connectivity index (χ1n) is 10.5. The van der Waals surface area contributed by atoms with Gasteiger partial charge in [0.15, 0.2) is 0 Å². The third-order valence-corrected chi connectivity index (χ3v) is 7.26. The maximum Gasteiger partial charge on any atom is 0.240 e. The summed E-state index contributed by atoms with van der Waals surface area (Å²) in [5, 5.41) is 3.08. The molecular formula is C23H31N3O3S. The van der Waals surface area contributed by atoms with Gasteiger partial charge in [-0.2, -0.15) is 0 Å². The number of carbonyl (C=O) groups excluding carboxylic acids is 1. The minimum atomic E-state index is -3.43. The highest BCUT2D eigenvalue weighted by Crippen LogP contribution is 2.21. The van der Waals surface area contributed by atoms with E-state index in [9.17, 15) is 13.2 Å². The molecule has 1 aliphatic heterocycles. The molecule has 1 heterocycles. The zero-order valence-corrected chi connectivity index (χ0v) is 18.5. The molecule has 2 N–H and O–H groups in total. The standard InChI is InChI=1S/C23H31N3O3S/c1-3-21(26-15-14-19-6-4-5-7-20(19)17-26)16-25-23(27)13-10-18-8-11-22(12-9-18)30(28,29)24-2/h4-9,11-12,21,24H,3,10,13-17H2,1-2H3,(H,25,27). The normalized spacial score (nSPS) is 15.4. The maximum absolute atomic E-state index is 12.4. The Kier molecular flexibility index (Phi) is 7.64. The Balaban J connectivity index is 1.47. The van der Waals surface area contributed by atoms with Crippen molar-refractivity contribution < 1.29 is 13.2 Å². The van der Waals surface area contributed by atoms with Gasteiger partial charge in [-0.1, -0.05) is 43.3 Å². The smallest absolute Gasteiger partial charge is 0.240 e. The van der Waals surface area contributed by atoms with Crippen LogP contribution in [-0.2, 0) is 34.2 Å². The number of carbonyl (C=O) groups is 1. The Morgan fingerprint density at radius 3 is 2.47 bits per heavy atom. The summed E-state index contributed by atoms with van der Waals surface area (Å²) < 4.78 is 25.8. The molecule has 0 spiro atoms. The quantitative estimate of drug-likeness (QED) is 0.642. The second-order valence-electron chi connectivity index (χ2n) is 7.71. The van der Waals surface area contributed by atoms with Gasteiger partial charge in [0.05, 0.1) is 4.90 Å². The Hall–Kier alpha value is -2.22.